The van der Waals surface area contributed by atoms with Gasteiger partial charge in [-0.3, -0.25) is 5.41 Å². The first-order valence-electron chi connectivity index (χ1n) is 5.62. The van der Waals surface area contributed by atoms with Crippen LogP contribution in [0.25, 0.3) is 0 Å². The van der Waals surface area contributed by atoms with Crippen molar-refractivity contribution in [3.8, 4) is 0 Å². The van der Waals surface area contributed by atoms with Gasteiger partial charge in [-0.05, 0) is 38.9 Å². The third kappa shape index (κ3) is 4.94. The highest BCUT2D eigenvalue weighted by Gasteiger charge is 2.20. The lowest BCUT2D eigenvalue weighted by Gasteiger charge is -2.31. The molecule has 1 rings (SSSR count). The lowest BCUT2D eigenvalue weighted by atomic mass is 9.96. The van der Waals surface area contributed by atoms with Gasteiger partial charge in [-0.25, -0.2) is 8.42 Å². The van der Waals surface area contributed by atoms with Gasteiger partial charge in [0.05, 0.1) is 11.6 Å². The molecule has 1 aliphatic rings. The maximum absolute atomic E-state index is 11.0. The Morgan fingerprint density at radius 1 is 1.44 bits per heavy atom. The SMILES string of the molecule is CS(=O)(=O)CCCN1CCC(C(=N)N)CC1. The number of nitrogens with one attached hydrogen (secondary N) is 1. The van der Waals surface area contributed by atoms with Crippen molar-refractivity contribution in [1.82, 2.24) is 4.90 Å². The average Bonchev–Trinajstić information content (AvgIpc) is 2.16. The number of nitrogens with two attached hydrogens (primary N) is 1. The third-order valence-corrected chi connectivity index (χ3v) is 4.05. The maximum Gasteiger partial charge on any atom is 0.147 e. The largest absolute Gasteiger partial charge is 0.387 e. The number of sulfone groups is 1. The summed E-state index contributed by atoms with van der Waals surface area (Å²) in [4.78, 5) is 2.25. The molecule has 0 aromatic heterocycles. The normalized spacial score (nSPS) is 19.8. The fourth-order valence-corrected chi connectivity index (χ4v) is 2.67. The van der Waals surface area contributed by atoms with Crippen LogP contribution in [0, 0.1) is 11.3 Å². The van der Waals surface area contributed by atoms with Crippen LogP contribution in [0.15, 0.2) is 0 Å². The van der Waals surface area contributed by atoms with Gasteiger partial charge in [0.25, 0.3) is 0 Å². The van der Waals surface area contributed by atoms with E-state index in [1.54, 1.807) is 0 Å². The molecule has 1 heterocycles. The number of likely N-dealkylation sites (tertiary alicyclic amines) is 1. The molecule has 0 unspecified atom stereocenters. The van der Waals surface area contributed by atoms with Crippen LogP contribution in [0.3, 0.4) is 0 Å². The van der Waals surface area contributed by atoms with Crippen LogP contribution in [0.2, 0.25) is 0 Å². The van der Waals surface area contributed by atoms with Gasteiger partial charge in [0.2, 0.25) is 0 Å². The van der Waals surface area contributed by atoms with E-state index in [1.165, 1.54) is 6.26 Å². The van der Waals surface area contributed by atoms with Gasteiger partial charge in [0, 0.05) is 12.2 Å². The second kappa shape index (κ2) is 5.63. The molecule has 1 fully saturated rings. The van der Waals surface area contributed by atoms with Crippen molar-refractivity contribution in [1.29, 1.82) is 5.41 Å². The minimum atomic E-state index is -2.83. The van der Waals surface area contributed by atoms with Crippen molar-refractivity contribution < 1.29 is 8.42 Å². The van der Waals surface area contributed by atoms with Crippen molar-refractivity contribution in [2.75, 3.05) is 31.6 Å². The van der Waals surface area contributed by atoms with E-state index in [0.29, 0.717) is 6.42 Å². The van der Waals surface area contributed by atoms with Crippen LogP contribution >= 0.6 is 0 Å². The quantitative estimate of drug-likeness (QED) is 0.531. The number of amidine groups is 1. The van der Waals surface area contributed by atoms with Gasteiger partial charge in [0.15, 0.2) is 0 Å². The van der Waals surface area contributed by atoms with Crippen LogP contribution in [-0.4, -0.2) is 50.8 Å². The van der Waals surface area contributed by atoms with E-state index >= 15 is 0 Å². The third-order valence-electron chi connectivity index (χ3n) is 3.02. The molecule has 0 aromatic rings. The molecule has 3 N–H and O–H groups in total. The molecule has 0 aromatic carbocycles. The molecule has 5 nitrogen and oxygen atoms in total. The summed E-state index contributed by atoms with van der Waals surface area (Å²) in [5, 5.41) is 7.35. The molecule has 1 aliphatic heterocycles. The number of piperidine rings is 1. The van der Waals surface area contributed by atoms with Gasteiger partial charge < -0.3 is 10.6 Å². The topological polar surface area (TPSA) is 87.2 Å². The first-order valence-corrected chi connectivity index (χ1v) is 7.68. The molecule has 94 valence electrons. The number of hydrogen-bond donors (Lipinski definition) is 2. The van der Waals surface area contributed by atoms with E-state index in [1.807, 2.05) is 0 Å². The minimum Gasteiger partial charge on any atom is -0.387 e. The highest BCUT2D eigenvalue weighted by atomic mass is 32.2. The second-order valence-electron chi connectivity index (χ2n) is 4.55. The van der Waals surface area contributed by atoms with Crippen LogP contribution in [0.1, 0.15) is 19.3 Å². The fourth-order valence-electron chi connectivity index (χ4n) is 2.02. The molecule has 6 heteroatoms. The summed E-state index contributed by atoms with van der Waals surface area (Å²) < 4.78 is 21.9. The summed E-state index contributed by atoms with van der Waals surface area (Å²) in [6, 6.07) is 0. The van der Waals surface area contributed by atoms with E-state index in [0.717, 1.165) is 32.5 Å². The van der Waals surface area contributed by atoms with E-state index in [4.69, 9.17) is 11.1 Å². The van der Waals surface area contributed by atoms with Crippen molar-refractivity contribution in [3.05, 3.63) is 0 Å². The van der Waals surface area contributed by atoms with Crippen molar-refractivity contribution in [2.24, 2.45) is 11.7 Å². The zero-order chi connectivity index (χ0) is 12.2. The zero-order valence-electron chi connectivity index (χ0n) is 9.78. The van der Waals surface area contributed by atoms with Crippen LogP contribution in [-0.2, 0) is 9.84 Å². The first-order chi connectivity index (χ1) is 7.38. The molecule has 0 atom stereocenters. The molecule has 0 radical (unpaired) electrons. The lowest BCUT2D eigenvalue weighted by molar-refractivity contribution is 0.209. The number of hydrogen-bond acceptors (Lipinski definition) is 4. The Labute approximate surface area is 97.4 Å². The van der Waals surface area contributed by atoms with E-state index in [2.05, 4.69) is 4.90 Å². The lowest BCUT2D eigenvalue weighted by Crippen LogP contribution is -2.39. The zero-order valence-corrected chi connectivity index (χ0v) is 10.6. The van der Waals surface area contributed by atoms with Crippen LogP contribution in [0.4, 0.5) is 0 Å². The summed E-state index contributed by atoms with van der Waals surface area (Å²) in [5.41, 5.74) is 5.46. The first kappa shape index (κ1) is 13.4. The minimum absolute atomic E-state index is 0.228. The molecule has 1 saturated heterocycles. The molecule has 0 saturated carbocycles. The van der Waals surface area contributed by atoms with E-state index in [9.17, 15) is 8.42 Å². The molecular formula is C10H21N3O2S. The van der Waals surface area contributed by atoms with Crippen molar-refractivity contribution >= 4 is 15.7 Å². The molecular weight excluding hydrogens is 226 g/mol. The molecule has 0 bridgehead atoms. The van der Waals surface area contributed by atoms with Crippen molar-refractivity contribution in [2.45, 2.75) is 19.3 Å². The second-order valence-corrected chi connectivity index (χ2v) is 6.81. The summed E-state index contributed by atoms with van der Waals surface area (Å²) >= 11 is 0. The Balaban J connectivity index is 2.20. The monoisotopic (exact) mass is 247 g/mol. The Hall–Kier alpha value is -0.620. The highest BCUT2D eigenvalue weighted by Crippen LogP contribution is 2.16. The summed E-state index contributed by atoms with van der Waals surface area (Å²) in [7, 11) is -2.83. The molecule has 0 aliphatic carbocycles. The van der Waals surface area contributed by atoms with Gasteiger partial charge >= 0.3 is 0 Å². The highest BCUT2D eigenvalue weighted by molar-refractivity contribution is 7.90. The van der Waals surface area contributed by atoms with E-state index in [-0.39, 0.29) is 17.5 Å². The molecule has 16 heavy (non-hydrogen) atoms. The number of nitrogens with zero attached hydrogens (tertiary/aromatic N) is 1. The maximum atomic E-state index is 11.0. The Bertz CT molecular complexity index is 332. The standard InChI is InChI=1S/C10H21N3O2S/c1-16(14,15)8-2-5-13-6-3-9(4-7-13)10(11)12/h9H,2-8H2,1H3,(H3,11,12). The van der Waals surface area contributed by atoms with Gasteiger partial charge in [-0.2, -0.15) is 0 Å². The summed E-state index contributed by atoms with van der Waals surface area (Å²) in [6.45, 7) is 2.68. The van der Waals surface area contributed by atoms with Crippen LogP contribution in [0.5, 0.6) is 0 Å². The molecule has 0 amide bonds. The van der Waals surface area contributed by atoms with Gasteiger partial charge in [-0.15, -0.1) is 0 Å². The van der Waals surface area contributed by atoms with Crippen LogP contribution < -0.4 is 5.73 Å². The number of rotatable bonds is 5. The van der Waals surface area contributed by atoms with E-state index < -0.39 is 9.84 Å². The summed E-state index contributed by atoms with van der Waals surface area (Å²) in [5.74, 6) is 0.779. The predicted molar refractivity (Wildman–Crippen MR) is 65.4 cm³/mol. The van der Waals surface area contributed by atoms with Gasteiger partial charge in [0.1, 0.15) is 9.84 Å². The smallest absolute Gasteiger partial charge is 0.147 e. The van der Waals surface area contributed by atoms with Gasteiger partial charge in [-0.1, -0.05) is 0 Å². The Kier molecular flexibility index (Phi) is 4.73. The predicted octanol–water partition coefficient (Wildman–Crippen LogP) is 0.0691. The van der Waals surface area contributed by atoms with Crippen molar-refractivity contribution in [3.63, 3.8) is 0 Å². The Morgan fingerprint density at radius 3 is 2.44 bits per heavy atom. The Morgan fingerprint density at radius 2 is 2.00 bits per heavy atom. The summed E-state index contributed by atoms with van der Waals surface area (Å²) in [6.07, 6.45) is 3.82. The molecule has 0 spiro atoms. The average molecular weight is 247 g/mol. The fraction of sp³-hybridized carbons (Fsp3) is 0.900.